The Labute approximate surface area is 151 Å². The van der Waals surface area contributed by atoms with Crippen LogP contribution in [0.1, 0.15) is 44.1 Å². The summed E-state index contributed by atoms with van der Waals surface area (Å²) in [5, 5.41) is 11.2. The first-order chi connectivity index (χ1) is 12.1. The van der Waals surface area contributed by atoms with E-state index in [9.17, 15) is 4.79 Å². The number of nitrogens with one attached hydrogen (secondary N) is 1. The van der Waals surface area contributed by atoms with Crippen LogP contribution in [0.2, 0.25) is 0 Å². The fourth-order valence-corrected chi connectivity index (χ4v) is 3.50. The van der Waals surface area contributed by atoms with Crippen LogP contribution in [0.3, 0.4) is 0 Å². The Hall–Kier alpha value is -2.02. The van der Waals surface area contributed by atoms with Crippen molar-refractivity contribution in [2.45, 2.75) is 62.7 Å². The van der Waals surface area contributed by atoms with Crippen LogP contribution in [0.4, 0.5) is 0 Å². The van der Waals surface area contributed by atoms with Crippen molar-refractivity contribution < 1.29 is 13.9 Å². The number of benzene rings is 1. The molecule has 0 saturated heterocycles. The summed E-state index contributed by atoms with van der Waals surface area (Å²) >= 11 is 1.27. The van der Waals surface area contributed by atoms with E-state index in [1.54, 1.807) is 0 Å². The fourth-order valence-electron chi connectivity index (χ4n) is 2.79. The van der Waals surface area contributed by atoms with E-state index in [1.807, 2.05) is 38.1 Å². The van der Waals surface area contributed by atoms with Gasteiger partial charge in [0, 0.05) is 6.04 Å². The number of carbonyl (C=O) groups excluding carboxylic acids is 1. The molecule has 1 unspecified atom stereocenters. The quantitative estimate of drug-likeness (QED) is 0.761. The molecule has 1 aliphatic carbocycles. The molecule has 0 aliphatic heterocycles. The van der Waals surface area contributed by atoms with Gasteiger partial charge in [0.2, 0.25) is 5.91 Å². The SMILES string of the molecule is Cc1cccc(OCc2nnc(SC(C)C(=O)NC3CCCC3)o2)c1. The predicted octanol–water partition coefficient (Wildman–Crippen LogP) is 3.50. The molecule has 1 aromatic heterocycles. The molecule has 1 fully saturated rings. The summed E-state index contributed by atoms with van der Waals surface area (Å²) in [5.41, 5.74) is 1.13. The number of hydrogen-bond donors (Lipinski definition) is 1. The van der Waals surface area contributed by atoms with Crippen molar-refractivity contribution >= 4 is 17.7 Å². The Morgan fingerprint density at radius 1 is 1.40 bits per heavy atom. The molecule has 3 rings (SSSR count). The molecule has 0 bridgehead atoms. The summed E-state index contributed by atoms with van der Waals surface area (Å²) in [6, 6.07) is 8.09. The highest BCUT2D eigenvalue weighted by Gasteiger charge is 2.23. The highest BCUT2D eigenvalue weighted by atomic mass is 32.2. The molecule has 1 aliphatic rings. The Bertz CT molecular complexity index is 713. The normalized spacial score (nSPS) is 15.9. The third-order valence-electron chi connectivity index (χ3n) is 4.15. The number of carbonyl (C=O) groups is 1. The van der Waals surface area contributed by atoms with Crippen molar-refractivity contribution in [2.75, 3.05) is 0 Å². The first kappa shape index (κ1) is 17.8. The van der Waals surface area contributed by atoms with Crippen LogP contribution < -0.4 is 10.1 Å². The summed E-state index contributed by atoms with van der Waals surface area (Å²) in [5.74, 6) is 1.18. The van der Waals surface area contributed by atoms with Gasteiger partial charge in [0.05, 0.1) is 5.25 Å². The first-order valence-corrected chi connectivity index (χ1v) is 9.47. The van der Waals surface area contributed by atoms with Gasteiger partial charge in [0.15, 0.2) is 6.61 Å². The second-order valence-corrected chi connectivity index (χ2v) is 7.61. The van der Waals surface area contributed by atoms with Crippen LogP contribution in [0.15, 0.2) is 33.9 Å². The molecule has 0 radical (unpaired) electrons. The molecular weight excluding hydrogens is 338 g/mol. The maximum Gasteiger partial charge on any atom is 0.277 e. The van der Waals surface area contributed by atoms with E-state index in [4.69, 9.17) is 9.15 Å². The molecule has 7 heteroatoms. The van der Waals surface area contributed by atoms with E-state index in [0.29, 0.717) is 17.2 Å². The van der Waals surface area contributed by atoms with Gasteiger partial charge in [-0.3, -0.25) is 4.79 Å². The van der Waals surface area contributed by atoms with Crippen molar-refractivity contribution in [3.8, 4) is 5.75 Å². The van der Waals surface area contributed by atoms with E-state index in [-0.39, 0.29) is 17.8 Å². The monoisotopic (exact) mass is 361 g/mol. The molecule has 25 heavy (non-hydrogen) atoms. The van der Waals surface area contributed by atoms with E-state index in [1.165, 1.54) is 24.6 Å². The van der Waals surface area contributed by atoms with Crippen LogP contribution in [0.5, 0.6) is 5.75 Å². The number of aryl methyl sites for hydroxylation is 1. The van der Waals surface area contributed by atoms with Crippen LogP contribution in [-0.2, 0) is 11.4 Å². The van der Waals surface area contributed by atoms with Gasteiger partial charge in [0.1, 0.15) is 5.75 Å². The zero-order chi connectivity index (χ0) is 17.6. The van der Waals surface area contributed by atoms with Crippen LogP contribution >= 0.6 is 11.8 Å². The van der Waals surface area contributed by atoms with Gasteiger partial charge in [-0.15, -0.1) is 10.2 Å². The number of thioether (sulfide) groups is 1. The highest BCUT2D eigenvalue weighted by molar-refractivity contribution is 8.00. The third kappa shape index (κ3) is 5.22. The zero-order valence-corrected chi connectivity index (χ0v) is 15.3. The summed E-state index contributed by atoms with van der Waals surface area (Å²) in [6.07, 6.45) is 4.54. The van der Waals surface area contributed by atoms with Gasteiger partial charge < -0.3 is 14.5 Å². The lowest BCUT2D eigenvalue weighted by Crippen LogP contribution is -2.37. The molecule has 0 spiro atoms. The standard InChI is InChI=1S/C18H23N3O3S/c1-12-6-5-9-15(10-12)23-11-16-20-21-18(24-16)25-13(2)17(22)19-14-7-3-4-8-14/h5-6,9-10,13-14H,3-4,7-8,11H2,1-2H3,(H,19,22). The lowest BCUT2D eigenvalue weighted by Gasteiger charge is -2.14. The fraction of sp³-hybridized carbons (Fsp3) is 0.500. The van der Waals surface area contributed by atoms with Crippen molar-refractivity contribution in [1.29, 1.82) is 0 Å². The Balaban J connectivity index is 1.48. The Morgan fingerprint density at radius 2 is 2.20 bits per heavy atom. The number of hydrogen-bond acceptors (Lipinski definition) is 6. The summed E-state index contributed by atoms with van der Waals surface area (Å²) in [7, 11) is 0. The minimum Gasteiger partial charge on any atom is -0.484 e. The zero-order valence-electron chi connectivity index (χ0n) is 14.5. The van der Waals surface area contributed by atoms with E-state index >= 15 is 0 Å². The van der Waals surface area contributed by atoms with Crippen LogP contribution in [0, 0.1) is 6.92 Å². The van der Waals surface area contributed by atoms with Crippen LogP contribution in [-0.4, -0.2) is 27.4 Å². The molecule has 1 heterocycles. The number of rotatable bonds is 7. The van der Waals surface area contributed by atoms with E-state index in [2.05, 4.69) is 15.5 Å². The average molecular weight is 361 g/mol. The summed E-state index contributed by atoms with van der Waals surface area (Å²) < 4.78 is 11.2. The molecule has 1 N–H and O–H groups in total. The van der Waals surface area contributed by atoms with Gasteiger partial charge in [-0.05, 0) is 44.4 Å². The van der Waals surface area contributed by atoms with Crippen molar-refractivity contribution in [1.82, 2.24) is 15.5 Å². The van der Waals surface area contributed by atoms with Gasteiger partial charge >= 0.3 is 0 Å². The van der Waals surface area contributed by atoms with Gasteiger partial charge in [-0.2, -0.15) is 0 Å². The lowest BCUT2D eigenvalue weighted by atomic mass is 10.2. The second kappa shape index (κ2) is 8.38. The van der Waals surface area contributed by atoms with Crippen molar-refractivity contribution in [3.63, 3.8) is 0 Å². The lowest BCUT2D eigenvalue weighted by molar-refractivity contribution is -0.120. The smallest absolute Gasteiger partial charge is 0.277 e. The molecule has 6 nitrogen and oxygen atoms in total. The molecule has 134 valence electrons. The second-order valence-electron chi connectivity index (χ2n) is 6.32. The first-order valence-electron chi connectivity index (χ1n) is 8.59. The van der Waals surface area contributed by atoms with E-state index < -0.39 is 0 Å². The van der Waals surface area contributed by atoms with Crippen molar-refractivity contribution in [2.24, 2.45) is 0 Å². The Morgan fingerprint density at radius 3 is 2.96 bits per heavy atom. The third-order valence-corrected chi connectivity index (χ3v) is 5.08. The largest absolute Gasteiger partial charge is 0.484 e. The van der Waals surface area contributed by atoms with E-state index in [0.717, 1.165) is 24.2 Å². The number of amides is 1. The molecule has 1 atom stereocenters. The number of aromatic nitrogens is 2. The van der Waals surface area contributed by atoms with Crippen molar-refractivity contribution in [3.05, 3.63) is 35.7 Å². The van der Waals surface area contributed by atoms with Crippen LogP contribution in [0.25, 0.3) is 0 Å². The van der Waals surface area contributed by atoms with Gasteiger partial charge in [-0.25, -0.2) is 0 Å². The van der Waals surface area contributed by atoms with Gasteiger partial charge in [0.25, 0.3) is 11.1 Å². The Kier molecular flexibility index (Phi) is 5.96. The number of ether oxygens (including phenoxy) is 1. The summed E-state index contributed by atoms with van der Waals surface area (Å²) in [6.45, 7) is 4.06. The number of nitrogens with zero attached hydrogens (tertiary/aromatic N) is 2. The molecule has 1 saturated carbocycles. The minimum absolute atomic E-state index is 0.0210. The van der Waals surface area contributed by atoms with Gasteiger partial charge in [-0.1, -0.05) is 36.7 Å². The minimum atomic E-state index is -0.272. The topological polar surface area (TPSA) is 77.2 Å². The maximum absolute atomic E-state index is 12.2. The summed E-state index contributed by atoms with van der Waals surface area (Å²) in [4.78, 5) is 12.2. The molecule has 1 aromatic carbocycles. The average Bonchev–Trinajstić information content (AvgIpc) is 3.25. The molecule has 2 aromatic rings. The highest BCUT2D eigenvalue weighted by Crippen LogP contribution is 2.24. The molecular formula is C18H23N3O3S. The predicted molar refractivity (Wildman–Crippen MR) is 95.5 cm³/mol. The maximum atomic E-state index is 12.2. The molecule has 1 amide bonds.